The van der Waals surface area contributed by atoms with E-state index in [-0.39, 0.29) is 11.3 Å². The quantitative estimate of drug-likeness (QED) is 0.826. The van der Waals surface area contributed by atoms with Crippen molar-refractivity contribution in [2.45, 2.75) is 49.2 Å². The SMILES string of the molecule is CCc1nsc(SC(c2ccc(C)o2)C(N)CC)n1. The zero-order chi connectivity index (χ0) is 13.8. The predicted molar refractivity (Wildman–Crippen MR) is 79.6 cm³/mol. The molecule has 2 unspecified atom stereocenters. The fraction of sp³-hybridized carbons (Fsp3) is 0.538. The number of hydrogen-bond donors (Lipinski definition) is 1. The van der Waals surface area contributed by atoms with E-state index in [1.165, 1.54) is 11.5 Å². The predicted octanol–water partition coefficient (Wildman–Crippen LogP) is 3.57. The molecule has 0 radical (unpaired) electrons. The van der Waals surface area contributed by atoms with Gasteiger partial charge in [0, 0.05) is 12.5 Å². The van der Waals surface area contributed by atoms with Crippen molar-refractivity contribution in [2.24, 2.45) is 5.73 Å². The van der Waals surface area contributed by atoms with Crippen LogP contribution in [0.15, 0.2) is 20.9 Å². The second kappa shape index (κ2) is 6.54. The highest BCUT2D eigenvalue weighted by atomic mass is 32.2. The summed E-state index contributed by atoms with van der Waals surface area (Å²) in [5.41, 5.74) is 6.22. The number of nitrogens with two attached hydrogens (primary N) is 1. The lowest BCUT2D eigenvalue weighted by atomic mass is 10.1. The van der Waals surface area contributed by atoms with E-state index in [1.54, 1.807) is 11.8 Å². The molecule has 0 aromatic carbocycles. The topological polar surface area (TPSA) is 64.9 Å². The van der Waals surface area contributed by atoms with Crippen molar-refractivity contribution in [3.63, 3.8) is 0 Å². The van der Waals surface area contributed by atoms with Crippen LogP contribution in [-0.4, -0.2) is 15.4 Å². The van der Waals surface area contributed by atoms with Crippen LogP contribution in [0.4, 0.5) is 0 Å². The maximum Gasteiger partial charge on any atom is 0.170 e. The fourth-order valence-corrected chi connectivity index (χ4v) is 3.79. The second-order valence-electron chi connectivity index (χ2n) is 4.39. The van der Waals surface area contributed by atoms with Gasteiger partial charge in [-0.25, -0.2) is 4.98 Å². The van der Waals surface area contributed by atoms with Crippen LogP contribution in [0.25, 0.3) is 0 Å². The molecule has 0 bridgehead atoms. The first-order valence-corrected chi connectivity index (χ1v) is 8.10. The normalized spacial score (nSPS) is 14.5. The highest BCUT2D eigenvalue weighted by molar-refractivity contribution is 8.01. The molecule has 0 aliphatic carbocycles. The molecule has 0 saturated carbocycles. The molecule has 19 heavy (non-hydrogen) atoms. The van der Waals surface area contributed by atoms with Crippen molar-refractivity contribution < 1.29 is 4.42 Å². The van der Waals surface area contributed by atoms with Gasteiger partial charge < -0.3 is 10.2 Å². The van der Waals surface area contributed by atoms with Crippen molar-refractivity contribution in [1.82, 2.24) is 9.36 Å². The number of furan rings is 1. The highest BCUT2D eigenvalue weighted by Gasteiger charge is 2.24. The highest BCUT2D eigenvalue weighted by Crippen LogP contribution is 2.39. The lowest BCUT2D eigenvalue weighted by molar-refractivity contribution is 0.454. The van der Waals surface area contributed by atoms with E-state index in [4.69, 9.17) is 10.2 Å². The third-order valence-corrected chi connectivity index (χ3v) is 5.09. The van der Waals surface area contributed by atoms with Gasteiger partial charge in [-0.2, -0.15) is 4.37 Å². The van der Waals surface area contributed by atoms with Crippen molar-refractivity contribution in [3.8, 4) is 0 Å². The summed E-state index contributed by atoms with van der Waals surface area (Å²) >= 11 is 3.09. The van der Waals surface area contributed by atoms with Gasteiger partial charge in [0.25, 0.3) is 0 Å². The average Bonchev–Trinajstić information content (AvgIpc) is 3.03. The fourth-order valence-electron chi connectivity index (χ4n) is 1.71. The summed E-state index contributed by atoms with van der Waals surface area (Å²) in [6.07, 6.45) is 1.76. The van der Waals surface area contributed by atoms with Gasteiger partial charge >= 0.3 is 0 Å². The molecule has 0 aliphatic heterocycles. The number of hydrogen-bond acceptors (Lipinski definition) is 6. The van der Waals surface area contributed by atoms with Crippen molar-refractivity contribution in [2.75, 3.05) is 0 Å². The summed E-state index contributed by atoms with van der Waals surface area (Å²) in [5.74, 6) is 2.73. The number of aromatic nitrogens is 2. The number of rotatable bonds is 6. The molecule has 0 amide bonds. The number of thioether (sulfide) groups is 1. The Kier molecular flexibility index (Phi) is 5.01. The second-order valence-corrected chi connectivity index (χ2v) is 6.53. The Bertz CT molecular complexity index is 523. The van der Waals surface area contributed by atoms with E-state index >= 15 is 0 Å². The minimum absolute atomic E-state index is 0.0459. The van der Waals surface area contributed by atoms with E-state index < -0.39 is 0 Å². The van der Waals surface area contributed by atoms with Crippen LogP contribution < -0.4 is 5.73 Å². The van der Waals surface area contributed by atoms with Gasteiger partial charge in [-0.1, -0.05) is 25.6 Å². The molecule has 0 aliphatic rings. The molecule has 2 aromatic heterocycles. The summed E-state index contributed by atoms with van der Waals surface area (Å²) in [6.45, 7) is 6.09. The summed E-state index contributed by atoms with van der Waals surface area (Å²) < 4.78 is 11.0. The lowest BCUT2D eigenvalue weighted by Gasteiger charge is -2.18. The van der Waals surface area contributed by atoms with Gasteiger partial charge in [-0.05, 0) is 37.0 Å². The summed E-state index contributed by atoms with van der Waals surface area (Å²) in [5, 5.41) is 0.0938. The van der Waals surface area contributed by atoms with Crippen LogP contribution in [0, 0.1) is 6.92 Å². The smallest absolute Gasteiger partial charge is 0.170 e. The molecular weight excluding hydrogens is 278 g/mol. The van der Waals surface area contributed by atoms with E-state index in [2.05, 4.69) is 23.2 Å². The van der Waals surface area contributed by atoms with Gasteiger partial charge in [0.2, 0.25) is 0 Å². The van der Waals surface area contributed by atoms with Gasteiger partial charge in [-0.15, -0.1) is 0 Å². The van der Waals surface area contributed by atoms with Crippen molar-refractivity contribution in [1.29, 1.82) is 0 Å². The van der Waals surface area contributed by atoms with Gasteiger partial charge in [-0.3, -0.25) is 0 Å². The Morgan fingerprint density at radius 3 is 2.74 bits per heavy atom. The van der Waals surface area contributed by atoms with Crippen LogP contribution in [0.3, 0.4) is 0 Å². The van der Waals surface area contributed by atoms with Crippen LogP contribution in [0.1, 0.15) is 42.9 Å². The van der Waals surface area contributed by atoms with E-state index in [0.29, 0.717) is 0 Å². The van der Waals surface area contributed by atoms with Crippen LogP contribution in [-0.2, 0) is 6.42 Å². The Hall–Kier alpha value is -0.850. The molecule has 6 heteroatoms. The zero-order valence-corrected chi connectivity index (χ0v) is 13.1. The Morgan fingerprint density at radius 1 is 1.42 bits per heavy atom. The Morgan fingerprint density at radius 2 is 2.21 bits per heavy atom. The molecule has 2 rings (SSSR count). The molecule has 0 spiro atoms. The molecule has 0 fully saturated rings. The molecular formula is C13H19N3OS2. The maximum atomic E-state index is 6.22. The lowest BCUT2D eigenvalue weighted by Crippen LogP contribution is -2.25. The van der Waals surface area contributed by atoms with Gasteiger partial charge in [0.15, 0.2) is 4.34 Å². The maximum absolute atomic E-state index is 6.22. The zero-order valence-electron chi connectivity index (χ0n) is 11.4. The van der Waals surface area contributed by atoms with Gasteiger partial charge in [0.1, 0.15) is 17.3 Å². The van der Waals surface area contributed by atoms with Crippen molar-refractivity contribution >= 4 is 23.3 Å². The summed E-state index contributed by atoms with van der Waals surface area (Å²) in [7, 11) is 0. The number of aryl methyl sites for hydroxylation is 2. The Labute approximate surface area is 122 Å². The molecule has 2 N–H and O–H groups in total. The molecule has 0 saturated heterocycles. The minimum atomic E-state index is 0.0459. The first-order valence-electron chi connectivity index (χ1n) is 6.45. The summed E-state index contributed by atoms with van der Waals surface area (Å²) in [4.78, 5) is 4.49. The molecule has 2 heterocycles. The Balaban J connectivity index is 2.18. The number of nitrogens with zero attached hydrogens (tertiary/aromatic N) is 2. The summed E-state index contributed by atoms with van der Waals surface area (Å²) in [6, 6.07) is 4.03. The standard InChI is InChI=1S/C13H19N3OS2/c1-4-9(14)12(10-7-6-8(3)17-10)18-13-15-11(5-2)16-19-13/h6-7,9,12H,4-5,14H2,1-3H3. The van der Waals surface area contributed by atoms with E-state index in [0.717, 1.165) is 34.5 Å². The van der Waals surface area contributed by atoms with Crippen LogP contribution in [0.2, 0.25) is 0 Å². The largest absolute Gasteiger partial charge is 0.465 e. The average molecular weight is 297 g/mol. The van der Waals surface area contributed by atoms with Crippen LogP contribution in [0.5, 0.6) is 0 Å². The first-order chi connectivity index (χ1) is 9.13. The van der Waals surface area contributed by atoms with Crippen LogP contribution >= 0.6 is 23.3 Å². The van der Waals surface area contributed by atoms with Gasteiger partial charge in [0.05, 0.1) is 5.25 Å². The van der Waals surface area contributed by atoms with E-state index in [9.17, 15) is 0 Å². The van der Waals surface area contributed by atoms with Crippen molar-refractivity contribution in [3.05, 3.63) is 29.5 Å². The monoisotopic (exact) mass is 297 g/mol. The molecule has 2 aromatic rings. The third-order valence-electron chi connectivity index (χ3n) is 2.90. The van der Waals surface area contributed by atoms with E-state index in [1.807, 2.05) is 19.1 Å². The molecule has 2 atom stereocenters. The first kappa shape index (κ1) is 14.6. The molecule has 4 nitrogen and oxygen atoms in total. The minimum Gasteiger partial charge on any atom is -0.465 e. The molecule has 104 valence electrons. The third kappa shape index (κ3) is 3.58.